The third kappa shape index (κ3) is 3.66. The van der Waals surface area contributed by atoms with Crippen molar-refractivity contribution in [2.75, 3.05) is 39.5 Å². The molecule has 0 unspecified atom stereocenters. The number of amides is 2. The lowest BCUT2D eigenvalue weighted by atomic mass is 9.78. The van der Waals surface area contributed by atoms with Crippen LogP contribution in [-0.4, -0.2) is 65.8 Å². The molecule has 3 heterocycles. The maximum absolute atomic E-state index is 12.8. The van der Waals surface area contributed by atoms with Crippen molar-refractivity contribution in [2.24, 2.45) is 5.92 Å². The lowest BCUT2D eigenvalue weighted by molar-refractivity contribution is -0.135. The fourth-order valence-corrected chi connectivity index (χ4v) is 4.05. The Morgan fingerprint density at radius 1 is 1.31 bits per heavy atom. The molecule has 3 rings (SSSR count). The minimum atomic E-state index is -0.630. The number of ether oxygens (including phenoxy) is 1. The number of fused-ring (bicyclic) bond motifs is 4. The van der Waals surface area contributed by atoms with E-state index in [0.29, 0.717) is 26.2 Å². The molecule has 1 saturated heterocycles. The van der Waals surface area contributed by atoms with Gasteiger partial charge in [-0.25, -0.2) is 0 Å². The van der Waals surface area contributed by atoms with Crippen molar-refractivity contribution >= 4 is 11.8 Å². The normalized spacial score (nSPS) is 24.1. The zero-order valence-corrected chi connectivity index (χ0v) is 14.9. The third-order valence-corrected chi connectivity index (χ3v) is 5.14. The predicted octanol–water partition coefficient (Wildman–Crippen LogP) is -0.520. The van der Waals surface area contributed by atoms with Crippen molar-refractivity contribution in [3.63, 3.8) is 0 Å². The minimum absolute atomic E-state index is 0.0111. The number of carbonyl (C=O) groups is 2. The molecule has 2 aliphatic heterocycles. The Morgan fingerprint density at radius 3 is 2.85 bits per heavy atom. The van der Waals surface area contributed by atoms with Gasteiger partial charge in [0.2, 0.25) is 11.8 Å². The Morgan fingerprint density at radius 2 is 2.12 bits per heavy atom. The Balaban J connectivity index is 1.83. The highest BCUT2D eigenvalue weighted by Gasteiger charge is 2.44. The number of piperidine rings is 1. The number of hydrogen-bond donors (Lipinski definition) is 2. The molecule has 142 valence electrons. The van der Waals surface area contributed by atoms with Gasteiger partial charge in [0.25, 0.3) is 5.56 Å². The molecular formula is C18H25N3O5. The van der Waals surface area contributed by atoms with Crippen LogP contribution in [0.4, 0.5) is 0 Å². The Hall–Kier alpha value is -2.19. The van der Waals surface area contributed by atoms with Crippen LogP contribution in [-0.2, 0) is 14.3 Å². The highest BCUT2D eigenvalue weighted by Crippen LogP contribution is 2.41. The van der Waals surface area contributed by atoms with Gasteiger partial charge in [-0.2, -0.15) is 0 Å². The first kappa shape index (κ1) is 18.6. The molecule has 2 N–H and O–H groups in total. The second-order valence-corrected chi connectivity index (χ2v) is 6.85. The number of pyridine rings is 1. The van der Waals surface area contributed by atoms with Crippen LogP contribution in [0.2, 0.25) is 0 Å². The van der Waals surface area contributed by atoms with Crippen molar-refractivity contribution in [3.05, 3.63) is 34.2 Å². The van der Waals surface area contributed by atoms with Gasteiger partial charge in [-0.1, -0.05) is 6.07 Å². The molecule has 0 radical (unpaired) electrons. The Bertz CT molecular complexity index is 732. The smallest absolute Gasteiger partial charge is 0.251 e. The predicted molar refractivity (Wildman–Crippen MR) is 93.8 cm³/mol. The topological polar surface area (TPSA) is 101 Å². The Kier molecular flexibility index (Phi) is 5.73. The second-order valence-electron chi connectivity index (χ2n) is 6.85. The van der Waals surface area contributed by atoms with Gasteiger partial charge in [0.1, 0.15) is 6.04 Å². The van der Waals surface area contributed by atoms with E-state index in [1.54, 1.807) is 15.5 Å². The van der Waals surface area contributed by atoms with Crippen LogP contribution in [0.3, 0.4) is 0 Å². The van der Waals surface area contributed by atoms with Gasteiger partial charge in [0, 0.05) is 50.2 Å². The summed E-state index contributed by atoms with van der Waals surface area (Å²) in [6.07, 6.45) is 0.784. The number of aliphatic hydroxyl groups excluding tert-OH is 1. The number of carbonyl (C=O) groups excluding carboxylic acids is 2. The molecule has 0 aliphatic carbocycles. The second kappa shape index (κ2) is 8.01. The van der Waals surface area contributed by atoms with E-state index in [-0.39, 0.29) is 42.4 Å². The van der Waals surface area contributed by atoms with Crippen molar-refractivity contribution in [1.82, 2.24) is 14.8 Å². The summed E-state index contributed by atoms with van der Waals surface area (Å²) in [7, 11) is 0. The molecule has 0 aromatic carbocycles. The quantitative estimate of drug-likeness (QED) is 0.663. The van der Waals surface area contributed by atoms with E-state index >= 15 is 0 Å². The van der Waals surface area contributed by atoms with Gasteiger partial charge >= 0.3 is 0 Å². The van der Waals surface area contributed by atoms with Crippen LogP contribution >= 0.6 is 0 Å². The standard InChI is InChI=1S/C18H25N3O5/c1-12(23)20-10-13-9-14(11-20)17(18(25)19-5-7-26-8-6-22)21-15(13)3-2-4-16(21)24/h2-4,13-14,17,22H,5-11H2,1H3,(H,19,25)/t13-,14+,17-/m1/s1. The van der Waals surface area contributed by atoms with E-state index in [1.807, 2.05) is 6.07 Å². The number of rotatable bonds is 6. The average Bonchev–Trinajstić information content (AvgIpc) is 2.62. The molecule has 1 fully saturated rings. The molecule has 0 spiro atoms. The minimum Gasteiger partial charge on any atom is -0.394 e. The van der Waals surface area contributed by atoms with Crippen LogP contribution in [0.5, 0.6) is 0 Å². The summed E-state index contributed by atoms with van der Waals surface area (Å²) >= 11 is 0. The van der Waals surface area contributed by atoms with Gasteiger partial charge in [-0.15, -0.1) is 0 Å². The molecule has 8 nitrogen and oxygen atoms in total. The van der Waals surface area contributed by atoms with Crippen LogP contribution in [0, 0.1) is 5.92 Å². The van der Waals surface area contributed by atoms with Crippen molar-refractivity contribution < 1.29 is 19.4 Å². The Labute approximate surface area is 151 Å². The highest BCUT2D eigenvalue weighted by atomic mass is 16.5. The maximum atomic E-state index is 12.8. The van der Waals surface area contributed by atoms with Gasteiger partial charge in [-0.3, -0.25) is 19.0 Å². The van der Waals surface area contributed by atoms with Crippen LogP contribution in [0.25, 0.3) is 0 Å². The van der Waals surface area contributed by atoms with E-state index in [9.17, 15) is 14.4 Å². The van der Waals surface area contributed by atoms with Gasteiger partial charge in [0.15, 0.2) is 0 Å². The molecule has 2 aliphatic rings. The van der Waals surface area contributed by atoms with Crippen molar-refractivity contribution in [3.8, 4) is 0 Å². The molecule has 26 heavy (non-hydrogen) atoms. The fraction of sp³-hybridized carbons (Fsp3) is 0.611. The van der Waals surface area contributed by atoms with Crippen LogP contribution < -0.4 is 10.9 Å². The van der Waals surface area contributed by atoms with Gasteiger partial charge in [-0.05, 0) is 12.5 Å². The molecule has 3 atom stereocenters. The van der Waals surface area contributed by atoms with E-state index < -0.39 is 6.04 Å². The van der Waals surface area contributed by atoms with Gasteiger partial charge < -0.3 is 20.1 Å². The lowest BCUT2D eigenvalue weighted by Crippen LogP contribution is -2.54. The monoisotopic (exact) mass is 363 g/mol. The van der Waals surface area contributed by atoms with E-state index in [4.69, 9.17) is 9.84 Å². The average molecular weight is 363 g/mol. The summed E-state index contributed by atoms with van der Waals surface area (Å²) in [6.45, 7) is 3.35. The molecule has 2 bridgehead atoms. The summed E-state index contributed by atoms with van der Waals surface area (Å²) < 4.78 is 6.75. The van der Waals surface area contributed by atoms with Crippen molar-refractivity contribution in [2.45, 2.75) is 25.3 Å². The summed E-state index contributed by atoms with van der Waals surface area (Å²) in [4.78, 5) is 39.0. The first-order valence-electron chi connectivity index (χ1n) is 8.96. The number of hydrogen-bond acceptors (Lipinski definition) is 5. The summed E-state index contributed by atoms with van der Waals surface area (Å²) in [6, 6.07) is 4.42. The van der Waals surface area contributed by atoms with Crippen molar-refractivity contribution in [1.29, 1.82) is 0 Å². The van der Waals surface area contributed by atoms with Gasteiger partial charge in [0.05, 0.1) is 19.8 Å². The first-order chi connectivity index (χ1) is 12.5. The number of nitrogens with zero attached hydrogens (tertiary/aromatic N) is 2. The zero-order chi connectivity index (χ0) is 18.7. The SMILES string of the molecule is CC(=O)N1C[C@H]2C[C@@H](C1)[C@H](C(=O)NCCOCCO)n1c2cccc1=O. The van der Waals surface area contributed by atoms with E-state index in [1.165, 1.54) is 13.0 Å². The first-order valence-corrected chi connectivity index (χ1v) is 8.96. The number of aromatic nitrogens is 1. The van der Waals surface area contributed by atoms with Crippen LogP contribution in [0.15, 0.2) is 23.0 Å². The molecule has 2 amide bonds. The summed E-state index contributed by atoms with van der Waals surface area (Å²) in [5.74, 6) is -0.268. The largest absolute Gasteiger partial charge is 0.394 e. The summed E-state index contributed by atoms with van der Waals surface area (Å²) in [5.41, 5.74) is 0.626. The van der Waals surface area contributed by atoms with E-state index in [2.05, 4.69) is 5.32 Å². The third-order valence-electron chi connectivity index (χ3n) is 5.14. The maximum Gasteiger partial charge on any atom is 0.251 e. The van der Waals surface area contributed by atoms with E-state index in [0.717, 1.165) is 12.1 Å². The fourth-order valence-electron chi connectivity index (χ4n) is 4.05. The highest BCUT2D eigenvalue weighted by molar-refractivity contribution is 5.81. The molecule has 1 aromatic heterocycles. The molecule has 8 heteroatoms. The molecule has 0 saturated carbocycles. The number of likely N-dealkylation sites (tertiary alicyclic amines) is 1. The molecular weight excluding hydrogens is 338 g/mol. The summed E-state index contributed by atoms with van der Waals surface area (Å²) in [5, 5.41) is 11.5. The van der Waals surface area contributed by atoms with Crippen LogP contribution in [0.1, 0.15) is 31.0 Å². The number of aliphatic hydroxyl groups is 1. The number of nitrogens with one attached hydrogen (secondary N) is 1. The molecule has 1 aromatic rings. The lowest BCUT2D eigenvalue weighted by Gasteiger charge is -2.46. The zero-order valence-electron chi connectivity index (χ0n) is 14.9.